The molecule has 0 fully saturated rings. The molecule has 0 saturated carbocycles. The number of hydrogen-bond donors (Lipinski definition) is 2. The number of allylic oxidation sites excluding steroid dienone is 1. The third-order valence-corrected chi connectivity index (χ3v) is 0.769. The lowest BCUT2D eigenvalue weighted by Gasteiger charge is -1.74. The molecule has 62 valence electrons. The van der Waals surface area contributed by atoms with Crippen molar-refractivity contribution in [1.29, 1.82) is 0 Å². The predicted molar refractivity (Wildman–Crippen MR) is 44.0 cm³/mol. The van der Waals surface area contributed by atoms with Crippen molar-refractivity contribution >= 4 is 5.97 Å². The minimum absolute atomic E-state index is 0.0583. The van der Waals surface area contributed by atoms with Crippen LogP contribution < -0.4 is 0 Å². The summed E-state index contributed by atoms with van der Waals surface area (Å²) in [6, 6.07) is 0. The van der Waals surface area contributed by atoms with E-state index in [1.165, 1.54) is 12.2 Å². The molecule has 0 aromatic rings. The van der Waals surface area contributed by atoms with Crippen molar-refractivity contribution in [2.45, 2.75) is 6.42 Å². The van der Waals surface area contributed by atoms with Crippen molar-refractivity contribution in [3.05, 3.63) is 12.2 Å². The van der Waals surface area contributed by atoms with Crippen LogP contribution in [0.25, 0.3) is 0 Å². The summed E-state index contributed by atoms with van der Waals surface area (Å²) in [5.41, 5.74) is 0. The molecule has 0 bridgehead atoms. The molecule has 0 rings (SSSR count). The van der Waals surface area contributed by atoms with Gasteiger partial charge in [-0.2, -0.15) is 0 Å². The maximum atomic E-state index is 9.94. The lowest BCUT2D eigenvalue weighted by Crippen LogP contribution is -1.89. The van der Waals surface area contributed by atoms with Gasteiger partial charge in [-0.25, -0.2) is 0 Å². The minimum atomic E-state index is -0.963. The molecule has 0 heterocycles. The summed E-state index contributed by atoms with van der Waals surface area (Å²) >= 11 is 0. The first-order valence-electron chi connectivity index (χ1n) is 3.23. The smallest absolute Gasteiger partial charge is 0.315 e. The van der Waals surface area contributed by atoms with Crippen LogP contribution in [0.15, 0.2) is 12.2 Å². The zero-order chi connectivity index (χ0) is 9.23. The Hall–Kier alpha value is -1.71. The number of aliphatic carboxylic acids is 1. The van der Waals surface area contributed by atoms with Gasteiger partial charge in [-0.3, -0.25) is 4.79 Å². The molecule has 0 spiro atoms. The molecule has 0 aliphatic rings. The molecule has 0 aliphatic heterocycles. The number of aliphatic hydroxyl groups is 1. The molecule has 0 atom stereocenters. The normalized spacial score (nSPS) is 8.08. The van der Waals surface area contributed by atoms with E-state index in [0.29, 0.717) is 0 Å². The second-order valence-corrected chi connectivity index (χ2v) is 1.73. The van der Waals surface area contributed by atoms with Gasteiger partial charge >= 0.3 is 5.97 Å². The predicted octanol–water partition coefficient (Wildman–Crippen LogP) is 0.0164. The third-order valence-electron chi connectivity index (χ3n) is 0.769. The molecule has 0 aromatic carbocycles. The van der Waals surface area contributed by atoms with Crippen molar-refractivity contribution in [3.63, 3.8) is 0 Å². The van der Waals surface area contributed by atoms with Crippen LogP contribution in [0.4, 0.5) is 0 Å². The molecule has 0 saturated heterocycles. The van der Waals surface area contributed by atoms with Crippen molar-refractivity contribution in [2.75, 3.05) is 6.61 Å². The summed E-state index contributed by atoms with van der Waals surface area (Å²) in [6.45, 7) is -0.0583. The molecule has 2 N–H and O–H groups in total. The van der Waals surface area contributed by atoms with Gasteiger partial charge in [-0.1, -0.05) is 17.9 Å². The highest BCUT2D eigenvalue weighted by molar-refractivity contribution is 5.70. The fraction of sp³-hybridized carbons (Fsp3) is 0.222. The molecule has 0 unspecified atom stereocenters. The van der Waals surface area contributed by atoms with E-state index in [9.17, 15) is 4.79 Å². The van der Waals surface area contributed by atoms with Gasteiger partial charge in [0.25, 0.3) is 0 Å². The summed E-state index contributed by atoms with van der Waals surface area (Å²) in [5, 5.41) is 16.4. The summed E-state index contributed by atoms with van der Waals surface area (Å²) < 4.78 is 0. The molecule has 3 heteroatoms. The fourth-order valence-electron chi connectivity index (χ4n) is 0.353. The first kappa shape index (κ1) is 10.3. The van der Waals surface area contributed by atoms with Crippen LogP contribution >= 0.6 is 0 Å². The lowest BCUT2D eigenvalue weighted by molar-refractivity contribution is -0.135. The Morgan fingerprint density at radius 3 is 2.75 bits per heavy atom. The fourth-order valence-corrected chi connectivity index (χ4v) is 0.353. The van der Waals surface area contributed by atoms with Gasteiger partial charge in [0, 0.05) is 0 Å². The van der Waals surface area contributed by atoms with E-state index >= 15 is 0 Å². The van der Waals surface area contributed by atoms with Gasteiger partial charge in [0.2, 0.25) is 0 Å². The average Bonchev–Trinajstić information content (AvgIpc) is 2.02. The molecule has 0 radical (unpaired) electrons. The van der Waals surface area contributed by atoms with Crippen LogP contribution in [0, 0.1) is 23.7 Å². The van der Waals surface area contributed by atoms with E-state index in [1.54, 1.807) is 0 Å². The second-order valence-electron chi connectivity index (χ2n) is 1.73. The van der Waals surface area contributed by atoms with Crippen molar-refractivity contribution in [3.8, 4) is 23.7 Å². The van der Waals surface area contributed by atoms with Crippen LogP contribution in [0.2, 0.25) is 0 Å². The van der Waals surface area contributed by atoms with Gasteiger partial charge in [0.15, 0.2) is 0 Å². The highest BCUT2D eigenvalue weighted by atomic mass is 16.4. The van der Waals surface area contributed by atoms with Gasteiger partial charge in [0.1, 0.15) is 6.42 Å². The topological polar surface area (TPSA) is 57.5 Å². The van der Waals surface area contributed by atoms with E-state index in [1.807, 2.05) is 0 Å². The van der Waals surface area contributed by atoms with Crippen LogP contribution in [0.1, 0.15) is 6.42 Å². The van der Waals surface area contributed by atoms with Gasteiger partial charge < -0.3 is 10.2 Å². The van der Waals surface area contributed by atoms with Crippen LogP contribution in [0.3, 0.4) is 0 Å². The van der Waals surface area contributed by atoms with Gasteiger partial charge in [0.05, 0.1) is 6.61 Å². The summed E-state index contributed by atoms with van der Waals surface area (Å²) in [5.74, 6) is 8.64. The highest BCUT2D eigenvalue weighted by Crippen LogP contribution is 1.72. The Bertz CT molecular complexity index is 280. The Morgan fingerprint density at radius 1 is 1.42 bits per heavy atom. The lowest BCUT2D eigenvalue weighted by atomic mass is 10.4. The van der Waals surface area contributed by atoms with Crippen LogP contribution in [-0.2, 0) is 4.79 Å². The number of carbonyl (C=O) groups is 1. The van der Waals surface area contributed by atoms with Crippen LogP contribution in [0.5, 0.6) is 0 Å². The number of rotatable bonds is 2. The summed E-state index contributed by atoms with van der Waals surface area (Å²) in [6.07, 6.45) is 2.72. The monoisotopic (exact) mass is 164 g/mol. The van der Waals surface area contributed by atoms with Crippen molar-refractivity contribution < 1.29 is 15.0 Å². The SMILES string of the molecule is O=C(O)CC#CC#CC=CCO. The quantitative estimate of drug-likeness (QED) is 0.565. The Morgan fingerprint density at radius 2 is 2.17 bits per heavy atom. The Labute approximate surface area is 70.7 Å². The minimum Gasteiger partial charge on any atom is -0.481 e. The molecule has 0 aliphatic carbocycles. The number of aliphatic hydroxyl groups excluding tert-OH is 1. The van der Waals surface area contributed by atoms with E-state index in [0.717, 1.165) is 0 Å². The molecule has 0 amide bonds. The van der Waals surface area contributed by atoms with E-state index in [4.69, 9.17) is 10.2 Å². The van der Waals surface area contributed by atoms with E-state index < -0.39 is 5.97 Å². The molecule has 12 heavy (non-hydrogen) atoms. The zero-order valence-corrected chi connectivity index (χ0v) is 6.37. The Balaban J connectivity index is 3.74. The molecular formula is C9H8O3. The number of carboxylic acid groups (broad SMARTS) is 1. The molecule has 3 nitrogen and oxygen atoms in total. The number of hydrogen-bond acceptors (Lipinski definition) is 2. The zero-order valence-electron chi connectivity index (χ0n) is 6.37. The first-order valence-corrected chi connectivity index (χ1v) is 3.23. The number of carboxylic acids is 1. The van der Waals surface area contributed by atoms with Crippen molar-refractivity contribution in [1.82, 2.24) is 0 Å². The van der Waals surface area contributed by atoms with Gasteiger partial charge in [-0.15, -0.1) is 0 Å². The Kier molecular flexibility index (Phi) is 6.34. The van der Waals surface area contributed by atoms with Gasteiger partial charge in [-0.05, 0) is 17.9 Å². The summed E-state index contributed by atoms with van der Waals surface area (Å²) in [4.78, 5) is 9.94. The second kappa shape index (κ2) is 7.40. The van der Waals surface area contributed by atoms with Crippen molar-refractivity contribution in [2.24, 2.45) is 0 Å². The maximum absolute atomic E-state index is 9.94. The van der Waals surface area contributed by atoms with E-state index in [-0.39, 0.29) is 13.0 Å². The van der Waals surface area contributed by atoms with Crippen LogP contribution in [-0.4, -0.2) is 22.8 Å². The first-order chi connectivity index (χ1) is 5.77. The molecule has 0 aromatic heterocycles. The average molecular weight is 164 g/mol. The van der Waals surface area contributed by atoms with E-state index in [2.05, 4.69) is 23.7 Å². The summed E-state index contributed by atoms with van der Waals surface area (Å²) in [7, 11) is 0. The highest BCUT2D eigenvalue weighted by Gasteiger charge is 1.86. The standard InChI is InChI=1S/C9H8O3/c10-8-6-4-2-1-3-5-7-9(11)12/h4,6,10H,7-8H2,(H,11,12). The third kappa shape index (κ3) is 8.29. The maximum Gasteiger partial charge on any atom is 0.315 e. The largest absolute Gasteiger partial charge is 0.481 e. The molecular weight excluding hydrogens is 156 g/mol.